The van der Waals surface area contributed by atoms with E-state index in [2.05, 4.69) is 39.9 Å². The highest BCUT2D eigenvalue weighted by atomic mass is 16.0. The summed E-state index contributed by atoms with van der Waals surface area (Å²) in [6, 6.07) is 0. The Morgan fingerprint density at radius 1 is 1.25 bits per heavy atom. The van der Waals surface area contributed by atoms with Gasteiger partial charge in [-0.3, -0.25) is 4.90 Å². The van der Waals surface area contributed by atoms with Gasteiger partial charge in [-0.1, -0.05) is 0 Å². The van der Waals surface area contributed by atoms with Crippen molar-refractivity contribution in [1.82, 2.24) is 11.1 Å². The summed E-state index contributed by atoms with van der Waals surface area (Å²) in [5.74, 6) is 0. The van der Waals surface area contributed by atoms with Gasteiger partial charge in [0.05, 0.1) is 13.6 Å². The van der Waals surface area contributed by atoms with Crippen molar-refractivity contribution in [3.8, 4) is 0 Å². The molecule has 0 aromatic rings. The van der Waals surface area contributed by atoms with E-state index in [4.69, 9.17) is 0 Å². The summed E-state index contributed by atoms with van der Waals surface area (Å²) in [5, 5.41) is 0. The molecule has 0 amide bonds. The number of hydrogen-bond donors (Lipinski definition) is 2. The van der Waals surface area contributed by atoms with Crippen molar-refractivity contribution in [3.05, 3.63) is 0 Å². The first-order chi connectivity index (χ1) is 4.09. The van der Waals surface area contributed by atoms with Gasteiger partial charge in [0, 0.05) is 6.92 Å². The fraction of sp³-hybridized carbons (Fsp3) is 1.00. The van der Waals surface area contributed by atoms with E-state index < -0.39 is 0 Å². The maximum Gasteiger partial charge on any atom is 0.140 e. The van der Waals surface area contributed by atoms with Gasteiger partial charge in [-0.05, 0) is 21.0 Å². The number of hydrogen-bond acceptors (Lipinski definition) is 3. The van der Waals surface area contributed by atoms with E-state index in [0.29, 0.717) is 6.17 Å². The largest absolute Gasteiger partial charge is 0.870 e. The van der Waals surface area contributed by atoms with Gasteiger partial charge < -0.3 is 22.0 Å². The van der Waals surface area contributed by atoms with Crippen LogP contribution in [0.3, 0.4) is 0 Å². The molecule has 0 aromatic carbocycles. The zero-order chi connectivity index (χ0) is 7.44. The van der Waals surface area contributed by atoms with Crippen molar-refractivity contribution in [2.45, 2.75) is 20.0 Å². The van der Waals surface area contributed by atoms with Crippen LogP contribution in [0.15, 0.2) is 0 Å². The Kier molecular flexibility index (Phi) is 20.4. The van der Waals surface area contributed by atoms with E-state index in [-0.39, 0.29) is 17.1 Å². The average Bonchev–Trinajstić information content (AvgIpc) is 1.84. The van der Waals surface area contributed by atoms with Gasteiger partial charge in [0.1, 0.15) is 6.17 Å². The van der Waals surface area contributed by atoms with Crippen molar-refractivity contribution >= 4 is 0 Å². The van der Waals surface area contributed by atoms with E-state index >= 15 is 0 Å². The van der Waals surface area contributed by atoms with Crippen LogP contribution in [0.2, 0.25) is 0 Å². The van der Waals surface area contributed by atoms with Crippen LogP contribution in [0.4, 0.5) is 0 Å². The highest BCUT2D eigenvalue weighted by molar-refractivity contribution is 4.38. The molecule has 0 radical (unpaired) electrons. The lowest BCUT2D eigenvalue weighted by molar-refractivity contribution is -0.913. The molecule has 0 aliphatic rings. The topological polar surface area (TPSA) is 104 Å². The molecule has 12 heavy (non-hydrogen) atoms. The van der Waals surface area contributed by atoms with Gasteiger partial charge in [0.2, 0.25) is 0 Å². The van der Waals surface area contributed by atoms with Gasteiger partial charge in [0.15, 0.2) is 0 Å². The molecule has 80 valence electrons. The van der Waals surface area contributed by atoms with Gasteiger partial charge >= 0.3 is 0 Å². The molecule has 0 saturated heterocycles. The Balaban J connectivity index is -0.000000107. The number of quaternary nitrogens is 2. The van der Waals surface area contributed by atoms with Crippen molar-refractivity contribution in [1.29, 1.82) is 0 Å². The quantitative estimate of drug-likeness (QED) is 0.573. The molecular formula is C7H25N3O2. The third-order valence-corrected chi connectivity index (χ3v) is 2.05. The molecule has 0 aromatic heterocycles. The fourth-order valence-electron chi connectivity index (χ4n) is 0.736. The summed E-state index contributed by atoms with van der Waals surface area (Å²) < 4.78 is 0. The summed E-state index contributed by atoms with van der Waals surface area (Å²) >= 11 is 0. The van der Waals surface area contributed by atoms with Crippen LogP contribution in [0.1, 0.15) is 13.8 Å². The number of nitrogens with zero attached hydrogens (tertiary/aromatic N) is 1. The Labute approximate surface area is 75.5 Å². The molecular weight excluding hydrogens is 158 g/mol. The van der Waals surface area contributed by atoms with Crippen molar-refractivity contribution in [2.75, 3.05) is 27.7 Å². The first kappa shape index (κ1) is 22.6. The van der Waals surface area contributed by atoms with E-state index in [9.17, 15) is 0 Å². The summed E-state index contributed by atoms with van der Waals surface area (Å²) in [6.45, 7) is 5.63. The minimum atomic E-state index is 0. The van der Waals surface area contributed by atoms with Crippen LogP contribution in [0, 0.1) is 0 Å². The maximum absolute atomic E-state index is 2.23. The highest BCUT2D eigenvalue weighted by Crippen LogP contribution is 1.77. The second-order valence-electron chi connectivity index (χ2n) is 2.84. The normalized spacial score (nSPS) is 13.5. The van der Waals surface area contributed by atoms with E-state index in [0.717, 1.165) is 0 Å². The molecule has 0 heterocycles. The van der Waals surface area contributed by atoms with Gasteiger partial charge in [-0.15, -0.1) is 0 Å². The lowest BCUT2D eigenvalue weighted by Gasteiger charge is -2.25. The Morgan fingerprint density at radius 2 is 1.58 bits per heavy atom. The predicted molar refractivity (Wildman–Crippen MR) is 50.4 cm³/mol. The van der Waals surface area contributed by atoms with Crippen LogP contribution in [-0.2, 0) is 0 Å². The smallest absolute Gasteiger partial charge is 0.140 e. The molecule has 5 heteroatoms. The number of rotatable bonds is 3. The van der Waals surface area contributed by atoms with Crippen molar-refractivity contribution < 1.29 is 15.9 Å². The molecule has 0 bridgehead atoms. The van der Waals surface area contributed by atoms with E-state index in [1.165, 1.54) is 6.54 Å². The van der Waals surface area contributed by atoms with Crippen LogP contribution in [0.5, 0.6) is 0 Å². The second-order valence-corrected chi connectivity index (χ2v) is 2.84. The Morgan fingerprint density at radius 3 is 1.67 bits per heavy atom. The van der Waals surface area contributed by atoms with Gasteiger partial charge in [-0.2, -0.15) is 0 Å². The highest BCUT2D eigenvalue weighted by Gasteiger charge is 2.11. The number of nitrogens with one attached hydrogen (secondary N) is 1. The molecule has 2 atom stereocenters. The van der Waals surface area contributed by atoms with E-state index in [1.807, 2.05) is 0 Å². The molecule has 0 fully saturated rings. The van der Waals surface area contributed by atoms with Crippen LogP contribution >= 0.6 is 0 Å². The minimum absolute atomic E-state index is 0. The van der Waals surface area contributed by atoms with Crippen LogP contribution < -0.4 is 11.1 Å². The van der Waals surface area contributed by atoms with Crippen molar-refractivity contribution in [2.24, 2.45) is 0 Å². The van der Waals surface area contributed by atoms with Crippen molar-refractivity contribution in [3.63, 3.8) is 0 Å². The predicted octanol–water partition coefficient (Wildman–Crippen LogP) is -0.549. The Bertz CT molecular complexity index is 81.1. The summed E-state index contributed by atoms with van der Waals surface area (Å²) in [4.78, 5) is 3.79. The third kappa shape index (κ3) is 7.90. The zero-order valence-electron chi connectivity index (χ0n) is 9.13. The third-order valence-electron chi connectivity index (χ3n) is 2.05. The van der Waals surface area contributed by atoms with E-state index in [1.54, 1.807) is 4.90 Å². The summed E-state index contributed by atoms with van der Waals surface area (Å²) in [6.07, 6.45) is 0.634. The van der Waals surface area contributed by atoms with Crippen LogP contribution in [-0.4, -0.2) is 49.7 Å². The monoisotopic (exact) mass is 183 g/mol. The lowest BCUT2D eigenvalue weighted by Crippen LogP contribution is -3.13. The summed E-state index contributed by atoms with van der Waals surface area (Å²) in [5.41, 5.74) is 0. The fourth-order valence-corrected chi connectivity index (χ4v) is 0.736. The molecule has 0 saturated carbocycles. The summed E-state index contributed by atoms with van der Waals surface area (Å²) in [7, 11) is 6.44. The van der Waals surface area contributed by atoms with Gasteiger partial charge in [0.25, 0.3) is 0 Å². The van der Waals surface area contributed by atoms with Gasteiger partial charge in [-0.25, -0.2) is 0 Å². The average molecular weight is 183 g/mol. The molecule has 0 aliphatic carbocycles. The maximum atomic E-state index is 2.23. The molecule has 5 nitrogen and oxygen atoms in total. The molecule has 2 unspecified atom stereocenters. The van der Waals surface area contributed by atoms with Crippen LogP contribution in [0.25, 0.3) is 0 Å². The molecule has 0 aliphatic heterocycles. The second kappa shape index (κ2) is 10.8. The molecule has 7 N–H and O–H groups in total. The minimum Gasteiger partial charge on any atom is -0.870 e. The first-order valence-electron chi connectivity index (χ1n) is 3.58. The molecule has 0 spiro atoms. The first-order valence-corrected chi connectivity index (χ1v) is 3.58. The SMILES string of the molecule is CC[NH+](C)C(C)N(C)C.[NH4+].[OH-].[OH-]. The molecule has 0 rings (SSSR count). The Hall–Kier alpha value is -0.200. The standard InChI is InChI=1S/C7H18N2.H3N.2H2O/c1-6-9(5)7(2)8(3)4;;;/h7H,6H2,1-5H3;1H3;2*1H2. The lowest BCUT2D eigenvalue weighted by atomic mass is 10.4. The zero-order valence-corrected chi connectivity index (χ0v) is 9.13.